The number of nitrogens with zero attached hydrogens (tertiary/aromatic N) is 2. The maximum atomic E-state index is 12.4. The molecule has 0 aliphatic rings. The fourth-order valence-corrected chi connectivity index (χ4v) is 2.83. The minimum Gasteiger partial charge on any atom is -0.463 e. The van der Waals surface area contributed by atoms with Gasteiger partial charge < -0.3 is 10.1 Å². The first kappa shape index (κ1) is 20.6. The molecule has 0 aliphatic heterocycles. The van der Waals surface area contributed by atoms with Crippen molar-refractivity contribution in [2.24, 2.45) is 0 Å². The van der Waals surface area contributed by atoms with E-state index in [1.165, 1.54) is 16.8 Å². The Bertz CT molecular complexity index is 1120. The molecule has 0 spiro atoms. The van der Waals surface area contributed by atoms with E-state index in [9.17, 15) is 9.59 Å². The molecule has 2 aromatic carbocycles. The lowest BCUT2D eigenvalue weighted by atomic mass is 10.1. The standard InChI is InChI=1S/C22H22ClN3O3/c1-13-6-8-18(11-15(13)3)26-21(27)10-9-20(25-26)29-16(4)22(28)24-17-7-5-14(2)19(23)12-17/h5-12,16H,1-4H3,(H,24,28). The van der Waals surface area contributed by atoms with Crippen LogP contribution in [0.2, 0.25) is 5.02 Å². The van der Waals surface area contributed by atoms with Crippen molar-refractivity contribution in [1.29, 1.82) is 0 Å². The van der Waals surface area contributed by atoms with Gasteiger partial charge in [-0.1, -0.05) is 23.7 Å². The van der Waals surface area contributed by atoms with Gasteiger partial charge in [-0.2, -0.15) is 4.68 Å². The van der Waals surface area contributed by atoms with Gasteiger partial charge in [-0.3, -0.25) is 9.59 Å². The number of nitrogens with one attached hydrogen (secondary N) is 1. The zero-order chi connectivity index (χ0) is 21.1. The third-order valence-corrected chi connectivity index (χ3v) is 5.02. The van der Waals surface area contributed by atoms with Crippen molar-refractivity contribution in [3.63, 3.8) is 0 Å². The molecule has 150 valence electrons. The van der Waals surface area contributed by atoms with Crippen molar-refractivity contribution in [2.75, 3.05) is 5.32 Å². The highest BCUT2D eigenvalue weighted by molar-refractivity contribution is 6.31. The number of aromatic nitrogens is 2. The van der Waals surface area contributed by atoms with Crippen molar-refractivity contribution in [2.45, 2.75) is 33.8 Å². The molecule has 7 heteroatoms. The molecule has 1 heterocycles. The molecule has 6 nitrogen and oxygen atoms in total. The fraction of sp³-hybridized carbons (Fsp3) is 0.227. The SMILES string of the molecule is Cc1ccc(-n2nc(OC(C)C(=O)Nc3ccc(C)c(Cl)c3)ccc2=O)cc1C. The second-order valence-corrected chi connectivity index (χ2v) is 7.31. The number of ether oxygens (including phenoxy) is 1. The molecule has 29 heavy (non-hydrogen) atoms. The molecule has 1 aromatic heterocycles. The summed E-state index contributed by atoms with van der Waals surface area (Å²) in [5.74, 6) is -0.178. The Hall–Kier alpha value is -3.12. The summed E-state index contributed by atoms with van der Waals surface area (Å²) >= 11 is 6.09. The molecule has 0 fully saturated rings. The largest absolute Gasteiger partial charge is 0.463 e. The Labute approximate surface area is 174 Å². The predicted octanol–water partition coefficient (Wildman–Crippen LogP) is 4.22. The molecular formula is C22H22ClN3O3. The van der Waals surface area contributed by atoms with Crippen LogP contribution in [0, 0.1) is 20.8 Å². The normalized spacial score (nSPS) is 11.8. The number of halogens is 1. The van der Waals surface area contributed by atoms with Crippen LogP contribution >= 0.6 is 11.6 Å². The first-order chi connectivity index (χ1) is 13.7. The van der Waals surface area contributed by atoms with Crippen LogP contribution in [0.25, 0.3) is 5.69 Å². The maximum Gasteiger partial charge on any atom is 0.271 e. The van der Waals surface area contributed by atoms with Crippen molar-refractivity contribution in [3.8, 4) is 11.6 Å². The van der Waals surface area contributed by atoms with Crippen LogP contribution < -0.4 is 15.6 Å². The van der Waals surface area contributed by atoms with Crippen molar-refractivity contribution in [3.05, 3.63) is 80.6 Å². The van der Waals surface area contributed by atoms with Crippen LogP contribution in [0.1, 0.15) is 23.6 Å². The average molecular weight is 412 g/mol. The van der Waals surface area contributed by atoms with Gasteiger partial charge in [-0.15, -0.1) is 5.10 Å². The van der Waals surface area contributed by atoms with E-state index in [-0.39, 0.29) is 17.3 Å². The fourth-order valence-electron chi connectivity index (χ4n) is 2.65. The molecule has 1 atom stereocenters. The average Bonchev–Trinajstić information content (AvgIpc) is 2.68. The number of carbonyl (C=O) groups excluding carboxylic acids is 1. The van der Waals surface area contributed by atoms with Gasteiger partial charge in [-0.25, -0.2) is 0 Å². The summed E-state index contributed by atoms with van der Waals surface area (Å²) in [5.41, 5.74) is 4.02. The van der Waals surface area contributed by atoms with Gasteiger partial charge in [0.25, 0.3) is 11.5 Å². The Morgan fingerprint density at radius 2 is 1.76 bits per heavy atom. The van der Waals surface area contributed by atoms with E-state index in [1.54, 1.807) is 19.1 Å². The highest BCUT2D eigenvalue weighted by Gasteiger charge is 2.17. The number of anilines is 1. The zero-order valence-corrected chi connectivity index (χ0v) is 17.4. The Morgan fingerprint density at radius 3 is 2.45 bits per heavy atom. The highest BCUT2D eigenvalue weighted by Crippen LogP contribution is 2.20. The van der Waals surface area contributed by atoms with E-state index in [0.29, 0.717) is 16.4 Å². The van der Waals surface area contributed by atoms with Gasteiger partial charge in [0.05, 0.1) is 5.69 Å². The number of carbonyl (C=O) groups is 1. The van der Waals surface area contributed by atoms with Gasteiger partial charge in [0, 0.05) is 22.8 Å². The van der Waals surface area contributed by atoms with E-state index in [2.05, 4.69) is 10.4 Å². The van der Waals surface area contributed by atoms with Crippen LogP contribution in [-0.4, -0.2) is 21.8 Å². The van der Waals surface area contributed by atoms with E-state index >= 15 is 0 Å². The monoisotopic (exact) mass is 411 g/mol. The number of amides is 1. The first-order valence-electron chi connectivity index (χ1n) is 9.16. The number of aryl methyl sites for hydroxylation is 3. The molecule has 3 rings (SSSR count). The van der Waals surface area contributed by atoms with E-state index in [4.69, 9.17) is 16.3 Å². The predicted molar refractivity (Wildman–Crippen MR) is 114 cm³/mol. The van der Waals surface area contributed by atoms with Crippen LogP contribution in [-0.2, 0) is 4.79 Å². The number of hydrogen-bond donors (Lipinski definition) is 1. The molecule has 0 radical (unpaired) electrons. The van der Waals surface area contributed by atoms with Crippen molar-refractivity contribution >= 4 is 23.2 Å². The van der Waals surface area contributed by atoms with Gasteiger partial charge in [0.2, 0.25) is 5.88 Å². The minimum atomic E-state index is -0.826. The summed E-state index contributed by atoms with van der Waals surface area (Å²) in [5, 5.41) is 7.57. The minimum absolute atomic E-state index is 0.174. The van der Waals surface area contributed by atoms with Crippen LogP contribution in [0.3, 0.4) is 0 Å². The lowest BCUT2D eigenvalue weighted by Gasteiger charge is -2.15. The Morgan fingerprint density at radius 1 is 1.03 bits per heavy atom. The Kier molecular flexibility index (Phi) is 6.03. The van der Waals surface area contributed by atoms with Crippen LogP contribution in [0.5, 0.6) is 5.88 Å². The maximum absolute atomic E-state index is 12.4. The zero-order valence-electron chi connectivity index (χ0n) is 16.7. The quantitative estimate of drug-likeness (QED) is 0.682. The van der Waals surface area contributed by atoms with E-state index < -0.39 is 6.10 Å². The lowest BCUT2D eigenvalue weighted by Crippen LogP contribution is -2.31. The van der Waals surface area contributed by atoms with Gasteiger partial charge in [0.15, 0.2) is 6.10 Å². The second-order valence-electron chi connectivity index (χ2n) is 6.90. The molecule has 3 aromatic rings. The van der Waals surface area contributed by atoms with E-state index in [0.717, 1.165) is 16.7 Å². The molecule has 0 saturated heterocycles. The summed E-state index contributed by atoms with van der Waals surface area (Å²) in [6.07, 6.45) is -0.826. The van der Waals surface area contributed by atoms with Crippen LogP contribution in [0.15, 0.2) is 53.3 Å². The summed E-state index contributed by atoms with van der Waals surface area (Å²) < 4.78 is 6.91. The summed E-state index contributed by atoms with van der Waals surface area (Å²) in [4.78, 5) is 24.7. The van der Waals surface area contributed by atoms with Gasteiger partial charge in [0.1, 0.15) is 0 Å². The topological polar surface area (TPSA) is 73.2 Å². The molecule has 1 unspecified atom stereocenters. The second kappa shape index (κ2) is 8.49. The van der Waals surface area contributed by atoms with Crippen molar-refractivity contribution in [1.82, 2.24) is 9.78 Å². The molecule has 0 bridgehead atoms. The molecule has 0 saturated carbocycles. The highest BCUT2D eigenvalue weighted by atomic mass is 35.5. The van der Waals surface area contributed by atoms with Gasteiger partial charge >= 0.3 is 0 Å². The molecule has 1 amide bonds. The summed E-state index contributed by atoms with van der Waals surface area (Å²) in [6.45, 7) is 7.46. The third-order valence-electron chi connectivity index (χ3n) is 4.62. The first-order valence-corrected chi connectivity index (χ1v) is 9.54. The van der Waals surface area contributed by atoms with Gasteiger partial charge in [-0.05, 0) is 68.7 Å². The molecule has 1 N–H and O–H groups in total. The Balaban J connectivity index is 1.77. The number of benzene rings is 2. The number of hydrogen-bond acceptors (Lipinski definition) is 4. The van der Waals surface area contributed by atoms with Crippen molar-refractivity contribution < 1.29 is 9.53 Å². The van der Waals surface area contributed by atoms with Crippen LogP contribution in [0.4, 0.5) is 5.69 Å². The molecule has 0 aliphatic carbocycles. The third kappa shape index (κ3) is 4.84. The van der Waals surface area contributed by atoms with E-state index in [1.807, 2.05) is 45.0 Å². The lowest BCUT2D eigenvalue weighted by molar-refractivity contribution is -0.122. The summed E-state index contributed by atoms with van der Waals surface area (Å²) in [7, 11) is 0. The summed E-state index contributed by atoms with van der Waals surface area (Å²) in [6, 6.07) is 13.7. The number of rotatable bonds is 5. The smallest absolute Gasteiger partial charge is 0.271 e. The molecular weight excluding hydrogens is 390 g/mol.